The van der Waals surface area contributed by atoms with Gasteiger partial charge >= 0.3 is 6.09 Å². The molecule has 1 amide bonds. The Kier molecular flexibility index (Phi) is 9.65. The van der Waals surface area contributed by atoms with Crippen molar-refractivity contribution in [2.45, 2.75) is 89.7 Å². The number of carbonyl (C=O) groups is 3. The van der Waals surface area contributed by atoms with Crippen molar-refractivity contribution in [3.63, 3.8) is 0 Å². The highest BCUT2D eigenvalue weighted by Crippen LogP contribution is 2.34. The molecule has 1 heterocycles. The first-order chi connectivity index (χ1) is 19.0. The second-order valence-electron chi connectivity index (χ2n) is 11.9. The Labute approximate surface area is 243 Å². The highest BCUT2D eigenvalue weighted by atomic mass is 32.2. The number of thioether (sulfide) groups is 1. The molecule has 2 aliphatic rings. The van der Waals surface area contributed by atoms with E-state index in [1.807, 2.05) is 44.4 Å². The summed E-state index contributed by atoms with van der Waals surface area (Å²) >= 11 is 1.65. The fourth-order valence-corrected chi connectivity index (χ4v) is 6.24. The molecular formula is C33H43NO5S. The van der Waals surface area contributed by atoms with Crippen molar-refractivity contribution in [3.8, 4) is 5.75 Å². The van der Waals surface area contributed by atoms with Crippen molar-refractivity contribution >= 4 is 29.4 Å². The van der Waals surface area contributed by atoms with Crippen LogP contribution in [0.4, 0.5) is 4.79 Å². The first-order valence-electron chi connectivity index (χ1n) is 14.4. The molecule has 1 aliphatic heterocycles. The summed E-state index contributed by atoms with van der Waals surface area (Å²) in [7, 11) is 0. The van der Waals surface area contributed by atoms with E-state index in [1.165, 1.54) is 0 Å². The van der Waals surface area contributed by atoms with Crippen LogP contribution in [0.1, 0.15) is 79.9 Å². The number of likely N-dealkylation sites (tertiary alicyclic amines) is 1. The van der Waals surface area contributed by atoms with Gasteiger partial charge in [-0.2, -0.15) is 0 Å². The number of hydrogen-bond donors (Lipinski definition) is 0. The third-order valence-electron chi connectivity index (χ3n) is 8.51. The van der Waals surface area contributed by atoms with E-state index < -0.39 is 5.60 Å². The van der Waals surface area contributed by atoms with Gasteiger partial charge in [0.2, 0.25) is 0 Å². The number of nitrogens with zero attached hydrogens (tertiary/aromatic N) is 1. The molecule has 40 heavy (non-hydrogen) atoms. The van der Waals surface area contributed by atoms with Crippen LogP contribution in [-0.4, -0.2) is 53.6 Å². The predicted octanol–water partition coefficient (Wildman–Crippen LogP) is 7.21. The minimum Gasteiger partial charge on any atom is -0.480 e. The number of carbonyl (C=O) groups excluding carboxylic acids is 3. The van der Waals surface area contributed by atoms with Crippen LogP contribution < -0.4 is 4.74 Å². The zero-order chi connectivity index (χ0) is 29.0. The lowest BCUT2D eigenvalue weighted by atomic mass is 9.84. The highest BCUT2D eigenvalue weighted by molar-refractivity contribution is 7.98. The molecule has 1 saturated heterocycles. The number of aryl methyl sites for hydroxylation is 3. The van der Waals surface area contributed by atoms with Crippen molar-refractivity contribution in [3.05, 3.63) is 58.7 Å². The Morgan fingerprint density at radius 3 is 2.20 bits per heavy atom. The molecule has 0 N–H and O–H groups in total. The number of Topliss-reactive ketones (excluding diaryl/α,β-unsaturated/α-hetero) is 2. The van der Waals surface area contributed by atoms with E-state index in [0.717, 1.165) is 65.9 Å². The first-order valence-corrected chi connectivity index (χ1v) is 15.6. The van der Waals surface area contributed by atoms with Crippen molar-refractivity contribution in [2.24, 2.45) is 11.8 Å². The molecule has 1 aliphatic carbocycles. The van der Waals surface area contributed by atoms with Crippen LogP contribution in [0, 0.1) is 25.7 Å². The second-order valence-corrected chi connectivity index (χ2v) is 12.8. The Hall–Kier alpha value is -2.80. The molecule has 2 aromatic rings. The van der Waals surface area contributed by atoms with Gasteiger partial charge in [0.1, 0.15) is 11.9 Å². The summed E-state index contributed by atoms with van der Waals surface area (Å²) in [6.07, 6.45) is 7.35. The van der Waals surface area contributed by atoms with Crippen molar-refractivity contribution < 1.29 is 23.9 Å². The topological polar surface area (TPSA) is 72.9 Å². The van der Waals surface area contributed by atoms with E-state index >= 15 is 0 Å². The molecule has 2 fully saturated rings. The van der Waals surface area contributed by atoms with Gasteiger partial charge in [-0.1, -0.05) is 24.3 Å². The normalized spacial score (nSPS) is 19.6. The van der Waals surface area contributed by atoms with Gasteiger partial charge in [0.15, 0.2) is 17.2 Å². The van der Waals surface area contributed by atoms with Crippen LogP contribution >= 0.6 is 11.8 Å². The average molecular weight is 566 g/mol. The number of ether oxygens (including phenoxy) is 2. The molecule has 2 aromatic carbocycles. The number of rotatable bonds is 10. The van der Waals surface area contributed by atoms with Gasteiger partial charge in [-0.25, -0.2) is 4.79 Å². The molecule has 0 unspecified atom stereocenters. The van der Waals surface area contributed by atoms with Gasteiger partial charge in [-0.15, -0.1) is 11.8 Å². The van der Waals surface area contributed by atoms with E-state index in [1.54, 1.807) is 37.4 Å². The van der Waals surface area contributed by atoms with Crippen LogP contribution in [0.2, 0.25) is 0 Å². The maximum atomic E-state index is 13.7. The number of ketones is 2. The van der Waals surface area contributed by atoms with E-state index in [2.05, 4.69) is 12.1 Å². The quantitative estimate of drug-likeness (QED) is 0.224. The fraction of sp³-hybridized carbons (Fsp3) is 0.545. The Morgan fingerprint density at radius 2 is 1.62 bits per heavy atom. The number of amides is 1. The molecule has 6 nitrogen and oxygen atoms in total. The van der Waals surface area contributed by atoms with Gasteiger partial charge in [0.25, 0.3) is 0 Å². The van der Waals surface area contributed by atoms with Gasteiger partial charge in [0, 0.05) is 29.5 Å². The molecule has 2 atom stereocenters. The zero-order valence-electron chi connectivity index (χ0n) is 24.7. The van der Waals surface area contributed by atoms with Crippen LogP contribution in [-0.2, 0) is 16.0 Å². The summed E-state index contributed by atoms with van der Waals surface area (Å²) in [5.74, 6) is 0.588. The average Bonchev–Trinajstić information content (AvgIpc) is 3.59. The van der Waals surface area contributed by atoms with Crippen molar-refractivity contribution in [1.29, 1.82) is 0 Å². The summed E-state index contributed by atoms with van der Waals surface area (Å²) < 4.78 is 11.9. The molecule has 4 rings (SSSR count). The van der Waals surface area contributed by atoms with Gasteiger partial charge in [-0.3, -0.25) is 9.59 Å². The lowest BCUT2D eigenvalue weighted by molar-refractivity contribution is -0.129. The van der Waals surface area contributed by atoms with Crippen LogP contribution in [0.5, 0.6) is 5.75 Å². The van der Waals surface area contributed by atoms with Gasteiger partial charge < -0.3 is 14.4 Å². The summed E-state index contributed by atoms with van der Waals surface area (Å²) in [5.41, 5.74) is 2.93. The minimum atomic E-state index is -0.890. The SMILES string of the molecule is CSc1ccc(C(=O)[C@@H]2CN(C(=O)OC3CCCC3)C[C@H]2CCc2cc(C)c(OC(C)(C)C(C)=O)c(C)c2)cc1. The monoisotopic (exact) mass is 565 g/mol. The minimum absolute atomic E-state index is 0.000506. The summed E-state index contributed by atoms with van der Waals surface area (Å²) in [6.45, 7) is 10.0. The summed E-state index contributed by atoms with van der Waals surface area (Å²) in [6, 6.07) is 12.0. The largest absolute Gasteiger partial charge is 0.480 e. The summed E-state index contributed by atoms with van der Waals surface area (Å²) in [5, 5.41) is 0. The predicted molar refractivity (Wildman–Crippen MR) is 159 cm³/mol. The van der Waals surface area contributed by atoms with E-state index in [9.17, 15) is 14.4 Å². The zero-order valence-corrected chi connectivity index (χ0v) is 25.6. The lowest BCUT2D eigenvalue weighted by Gasteiger charge is -2.26. The van der Waals surface area contributed by atoms with Crippen LogP contribution in [0.25, 0.3) is 0 Å². The molecule has 216 valence electrons. The maximum absolute atomic E-state index is 13.7. The standard InChI is InChI=1S/C33H43NO5S/c1-21-17-24(18-22(2)31(21)39-33(4,5)23(3)35)11-12-26-19-34(32(37)38-27-9-7-8-10-27)20-29(26)30(36)25-13-15-28(40-6)16-14-25/h13-18,26-27,29H,7-12,19-20H2,1-6H3/t26-,29-/m1/s1. The molecule has 0 bridgehead atoms. The first kappa shape index (κ1) is 30.2. The number of hydrogen-bond acceptors (Lipinski definition) is 6. The second kappa shape index (κ2) is 12.8. The third kappa shape index (κ3) is 7.09. The highest BCUT2D eigenvalue weighted by Gasteiger charge is 2.40. The third-order valence-corrected chi connectivity index (χ3v) is 9.25. The van der Waals surface area contributed by atoms with E-state index in [0.29, 0.717) is 18.7 Å². The van der Waals surface area contributed by atoms with Crippen molar-refractivity contribution in [1.82, 2.24) is 4.90 Å². The lowest BCUT2D eigenvalue weighted by Crippen LogP contribution is -2.36. The summed E-state index contributed by atoms with van der Waals surface area (Å²) in [4.78, 5) is 41.6. The number of benzene rings is 2. The van der Waals surface area contributed by atoms with E-state index in [4.69, 9.17) is 9.47 Å². The van der Waals surface area contributed by atoms with Crippen LogP contribution in [0.3, 0.4) is 0 Å². The Bertz CT molecular complexity index is 1210. The maximum Gasteiger partial charge on any atom is 0.410 e. The fourth-order valence-electron chi connectivity index (χ4n) is 5.83. The molecule has 1 saturated carbocycles. The van der Waals surface area contributed by atoms with E-state index in [-0.39, 0.29) is 35.6 Å². The van der Waals surface area contributed by atoms with Gasteiger partial charge in [-0.05, 0) is 114 Å². The molecule has 0 spiro atoms. The molecule has 0 aromatic heterocycles. The smallest absolute Gasteiger partial charge is 0.410 e. The molecule has 0 radical (unpaired) electrons. The Morgan fingerprint density at radius 1 is 1.00 bits per heavy atom. The van der Waals surface area contributed by atoms with Gasteiger partial charge in [0.05, 0.1) is 0 Å². The van der Waals surface area contributed by atoms with Crippen LogP contribution in [0.15, 0.2) is 41.3 Å². The van der Waals surface area contributed by atoms with Crippen molar-refractivity contribution in [2.75, 3.05) is 19.3 Å². The Balaban J connectivity index is 1.50. The molecule has 7 heteroatoms. The molecular weight excluding hydrogens is 522 g/mol.